The second-order valence-corrected chi connectivity index (χ2v) is 23.1. The van der Waals surface area contributed by atoms with Crippen molar-refractivity contribution in [2.75, 3.05) is 13.2 Å². The van der Waals surface area contributed by atoms with E-state index >= 15 is 0 Å². The first-order chi connectivity index (χ1) is 33.6. The molecule has 0 aromatic rings. The molecule has 1 atom stereocenters. The molecule has 0 fully saturated rings. The Morgan fingerprint density at radius 3 is 0.623 bits per heavy atom. The maximum atomic E-state index is 12.9. The van der Waals surface area contributed by atoms with Crippen molar-refractivity contribution in [1.82, 2.24) is 0 Å². The van der Waals surface area contributed by atoms with E-state index in [0.717, 1.165) is 75.5 Å². The van der Waals surface area contributed by atoms with Gasteiger partial charge >= 0.3 is 17.9 Å². The largest absolute Gasteiger partial charge is 0.462 e. The first-order valence-corrected chi connectivity index (χ1v) is 31.1. The molecule has 0 aromatic heterocycles. The topological polar surface area (TPSA) is 78.9 Å². The molecule has 0 aliphatic heterocycles. The Morgan fingerprint density at radius 2 is 0.420 bits per heavy atom. The van der Waals surface area contributed by atoms with Crippen LogP contribution in [0.4, 0.5) is 0 Å². The van der Waals surface area contributed by atoms with Gasteiger partial charge in [-0.3, -0.25) is 14.4 Å². The van der Waals surface area contributed by atoms with Crippen LogP contribution in [-0.4, -0.2) is 37.2 Å². The average molecular weight is 976 g/mol. The zero-order valence-corrected chi connectivity index (χ0v) is 47.6. The summed E-state index contributed by atoms with van der Waals surface area (Å²) < 4.78 is 16.9. The molecule has 410 valence electrons. The number of carbonyl (C=O) groups excluding carboxylic acids is 3. The summed E-state index contributed by atoms with van der Waals surface area (Å²) in [5.41, 5.74) is 0. The van der Waals surface area contributed by atoms with E-state index in [1.54, 1.807) is 0 Å². The maximum Gasteiger partial charge on any atom is 0.306 e. The summed E-state index contributed by atoms with van der Waals surface area (Å²) in [5, 5.41) is 0. The van der Waals surface area contributed by atoms with Crippen molar-refractivity contribution < 1.29 is 28.6 Å². The minimum Gasteiger partial charge on any atom is -0.462 e. The smallest absolute Gasteiger partial charge is 0.306 e. The summed E-state index contributed by atoms with van der Waals surface area (Å²) in [6.07, 6.45) is 58.1. The van der Waals surface area contributed by atoms with Crippen molar-refractivity contribution >= 4 is 17.9 Å². The van der Waals surface area contributed by atoms with Crippen molar-refractivity contribution in [2.24, 2.45) is 17.8 Å². The quantitative estimate of drug-likeness (QED) is 0.0343. The predicted octanol–water partition coefficient (Wildman–Crippen LogP) is 20.7. The molecule has 0 N–H and O–H groups in total. The summed E-state index contributed by atoms with van der Waals surface area (Å²) in [4.78, 5) is 38.3. The second-order valence-electron chi connectivity index (χ2n) is 23.1. The van der Waals surface area contributed by atoms with Gasteiger partial charge in [-0.1, -0.05) is 311 Å². The molecule has 0 radical (unpaired) electrons. The second kappa shape index (κ2) is 54.2. The number of esters is 3. The van der Waals surface area contributed by atoms with Crippen molar-refractivity contribution in [3.05, 3.63) is 0 Å². The van der Waals surface area contributed by atoms with Crippen LogP contribution in [0, 0.1) is 17.8 Å². The normalized spacial score (nSPS) is 12.1. The van der Waals surface area contributed by atoms with Gasteiger partial charge in [0.25, 0.3) is 0 Å². The highest BCUT2D eigenvalue weighted by Crippen LogP contribution is 2.19. The Hall–Kier alpha value is -1.59. The van der Waals surface area contributed by atoms with Crippen molar-refractivity contribution in [1.29, 1.82) is 0 Å². The number of unbranched alkanes of at least 4 members (excludes halogenated alkanes) is 39. The lowest BCUT2D eigenvalue weighted by atomic mass is 10.0. The Bertz CT molecular complexity index is 1070. The standard InChI is InChI=1S/C63H122O6/c1-57(2)49-43-37-31-25-19-13-8-7-9-17-24-30-36-42-48-54-63(66)69-60(56-68-62(65)53-47-41-35-29-23-18-12-15-21-27-33-39-45-51-59(5)6)55-67-61(64)52-46-40-34-28-22-16-11-10-14-20-26-32-38-44-50-58(3)4/h57-60H,7-56H2,1-6H3/t60-/m0/s1. The minimum absolute atomic E-state index is 0.0628. The van der Waals surface area contributed by atoms with E-state index in [9.17, 15) is 14.4 Å². The Kier molecular flexibility index (Phi) is 52.9. The summed E-state index contributed by atoms with van der Waals surface area (Å²) in [5.74, 6) is 1.70. The summed E-state index contributed by atoms with van der Waals surface area (Å²) in [6.45, 7) is 13.8. The van der Waals surface area contributed by atoms with E-state index in [1.165, 1.54) is 231 Å². The Morgan fingerprint density at radius 1 is 0.246 bits per heavy atom. The van der Waals surface area contributed by atoms with Crippen molar-refractivity contribution in [3.8, 4) is 0 Å². The molecule has 0 saturated carbocycles. The fourth-order valence-electron chi connectivity index (χ4n) is 9.71. The molecule has 69 heavy (non-hydrogen) atoms. The molecule has 0 amide bonds. The Balaban J connectivity index is 4.30. The van der Waals surface area contributed by atoms with Crippen LogP contribution >= 0.6 is 0 Å². The molecule has 0 bridgehead atoms. The molecule has 0 saturated heterocycles. The van der Waals surface area contributed by atoms with Gasteiger partial charge in [0.2, 0.25) is 0 Å². The maximum absolute atomic E-state index is 12.9. The zero-order chi connectivity index (χ0) is 50.5. The van der Waals surface area contributed by atoms with E-state index < -0.39 is 6.10 Å². The third-order valence-electron chi connectivity index (χ3n) is 14.4. The van der Waals surface area contributed by atoms with Gasteiger partial charge in [0, 0.05) is 19.3 Å². The number of hydrogen-bond donors (Lipinski definition) is 0. The lowest BCUT2D eigenvalue weighted by molar-refractivity contribution is -0.167. The molecule has 0 aliphatic rings. The van der Waals surface area contributed by atoms with Gasteiger partial charge in [-0.15, -0.1) is 0 Å². The monoisotopic (exact) mass is 975 g/mol. The molecule has 0 aliphatic carbocycles. The highest BCUT2D eigenvalue weighted by atomic mass is 16.6. The number of hydrogen-bond acceptors (Lipinski definition) is 6. The molecule has 0 heterocycles. The lowest BCUT2D eigenvalue weighted by Crippen LogP contribution is -2.30. The van der Waals surface area contributed by atoms with Crippen LogP contribution in [0.5, 0.6) is 0 Å². The molecule has 0 aromatic carbocycles. The number of ether oxygens (including phenoxy) is 3. The number of carbonyl (C=O) groups is 3. The SMILES string of the molecule is CC(C)CCCCCCCCCCCCCCCCCC(=O)O[C@@H](COC(=O)CCCCCCCCCCCCCCCCC(C)C)COC(=O)CCCCCCCCCCCCCCCC(C)C. The van der Waals surface area contributed by atoms with Crippen LogP contribution in [0.2, 0.25) is 0 Å². The van der Waals surface area contributed by atoms with Crippen LogP contribution in [-0.2, 0) is 28.6 Å². The van der Waals surface area contributed by atoms with E-state index in [-0.39, 0.29) is 31.1 Å². The van der Waals surface area contributed by atoms with Crippen LogP contribution in [0.3, 0.4) is 0 Å². The van der Waals surface area contributed by atoms with E-state index in [2.05, 4.69) is 41.5 Å². The van der Waals surface area contributed by atoms with Gasteiger partial charge in [-0.25, -0.2) is 0 Å². The van der Waals surface area contributed by atoms with Gasteiger partial charge in [0.1, 0.15) is 13.2 Å². The van der Waals surface area contributed by atoms with Crippen molar-refractivity contribution in [3.63, 3.8) is 0 Å². The average Bonchev–Trinajstić information content (AvgIpc) is 3.31. The highest BCUT2D eigenvalue weighted by Gasteiger charge is 2.19. The fourth-order valence-corrected chi connectivity index (χ4v) is 9.71. The van der Waals surface area contributed by atoms with Crippen LogP contribution < -0.4 is 0 Å². The van der Waals surface area contributed by atoms with Gasteiger partial charge < -0.3 is 14.2 Å². The van der Waals surface area contributed by atoms with Gasteiger partial charge in [0.05, 0.1) is 0 Å². The van der Waals surface area contributed by atoms with Crippen LogP contribution in [0.25, 0.3) is 0 Å². The third kappa shape index (κ3) is 57.2. The van der Waals surface area contributed by atoms with Crippen LogP contribution in [0.15, 0.2) is 0 Å². The first-order valence-electron chi connectivity index (χ1n) is 31.1. The summed E-state index contributed by atoms with van der Waals surface area (Å²) in [6, 6.07) is 0. The zero-order valence-electron chi connectivity index (χ0n) is 47.6. The first kappa shape index (κ1) is 67.4. The molecule has 0 unspecified atom stereocenters. The molecule has 6 nitrogen and oxygen atoms in total. The highest BCUT2D eigenvalue weighted by molar-refractivity contribution is 5.71. The van der Waals surface area contributed by atoms with Gasteiger partial charge in [-0.05, 0) is 37.0 Å². The fraction of sp³-hybridized carbons (Fsp3) is 0.952. The molecular weight excluding hydrogens is 853 g/mol. The Labute approximate surface area is 431 Å². The molecular formula is C63H122O6. The van der Waals surface area contributed by atoms with Crippen LogP contribution in [0.1, 0.15) is 350 Å². The minimum atomic E-state index is -0.764. The molecule has 6 heteroatoms. The number of rotatable bonds is 56. The summed E-state index contributed by atoms with van der Waals surface area (Å²) >= 11 is 0. The van der Waals surface area contributed by atoms with Gasteiger partial charge in [-0.2, -0.15) is 0 Å². The molecule has 0 rings (SSSR count). The van der Waals surface area contributed by atoms with E-state index in [1.807, 2.05) is 0 Å². The van der Waals surface area contributed by atoms with Crippen molar-refractivity contribution in [2.45, 2.75) is 356 Å². The predicted molar refractivity (Wildman–Crippen MR) is 298 cm³/mol. The third-order valence-corrected chi connectivity index (χ3v) is 14.4. The van der Waals surface area contributed by atoms with E-state index in [0.29, 0.717) is 19.3 Å². The van der Waals surface area contributed by atoms with Gasteiger partial charge in [0.15, 0.2) is 6.10 Å². The lowest BCUT2D eigenvalue weighted by Gasteiger charge is -2.18. The molecule has 0 spiro atoms. The van der Waals surface area contributed by atoms with E-state index in [4.69, 9.17) is 14.2 Å². The summed E-state index contributed by atoms with van der Waals surface area (Å²) in [7, 11) is 0.